The topological polar surface area (TPSA) is 21.3 Å². The average Bonchev–Trinajstić information content (AvgIpc) is 2.45. The van der Waals surface area contributed by atoms with Crippen molar-refractivity contribution in [2.45, 2.75) is 52.0 Å². The van der Waals surface area contributed by atoms with Gasteiger partial charge in [-0.15, -0.1) is 0 Å². The van der Waals surface area contributed by atoms with Crippen molar-refractivity contribution in [3.63, 3.8) is 0 Å². The molecule has 2 rings (SSSR count). The van der Waals surface area contributed by atoms with Gasteiger partial charge in [-0.2, -0.15) is 0 Å². The van der Waals surface area contributed by atoms with Gasteiger partial charge in [-0.1, -0.05) is 50.8 Å². The number of benzene rings is 1. The van der Waals surface area contributed by atoms with E-state index < -0.39 is 0 Å². The molecule has 112 valence electrons. The Morgan fingerprint density at radius 3 is 2.55 bits per heavy atom. The molecule has 0 spiro atoms. The van der Waals surface area contributed by atoms with Crippen LogP contribution in [0.1, 0.15) is 57.6 Å². The molecule has 0 heterocycles. The van der Waals surface area contributed by atoms with Gasteiger partial charge < -0.3 is 10.1 Å². The largest absolute Gasteiger partial charge is 0.495 e. The van der Waals surface area contributed by atoms with E-state index in [0.717, 1.165) is 12.3 Å². The molecular weight excluding hydrogens is 270 g/mol. The maximum absolute atomic E-state index is 6.31. The zero-order chi connectivity index (χ0) is 14.6. The molecule has 0 amide bonds. The van der Waals surface area contributed by atoms with Crippen LogP contribution in [0.5, 0.6) is 5.75 Å². The zero-order valence-corrected chi connectivity index (χ0v) is 13.6. The predicted octanol–water partition coefficient (Wildman–Crippen LogP) is 4.97. The van der Waals surface area contributed by atoms with Crippen molar-refractivity contribution in [2.24, 2.45) is 5.41 Å². The molecule has 0 saturated heterocycles. The Balaban J connectivity index is 2.30. The van der Waals surface area contributed by atoms with Crippen molar-refractivity contribution in [2.75, 3.05) is 13.7 Å². The molecule has 1 fully saturated rings. The Bertz CT molecular complexity index is 441. The summed E-state index contributed by atoms with van der Waals surface area (Å²) < 4.78 is 5.26. The lowest BCUT2D eigenvalue weighted by Gasteiger charge is -2.41. The number of hydrogen-bond acceptors (Lipinski definition) is 2. The Hall–Kier alpha value is -0.730. The minimum atomic E-state index is 0.326. The van der Waals surface area contributed by atoms with E-state index in [9.17, 15) is 0 Å². The van der Waals surface area contributed by atoms with Gasteiger partial charge in [0, 0.05) is 6.04 Å². The second-order valence-corrected chi connectivity index (χ2v) is 6.51. The Morgan fingerprint density at radius 2 is 2.00 bits per heavy atom. The van der Waals surface area contributed by atoms with E-state index in [-0.39, 0.29) is 0 Å². The third-order valence-electron chi connectivity index (χ3n) is 4.61. The molecule has 1 unspecified atom stereocenters. The maximum Gasteiger partial charge on any atom is 0.137 e. The lowest BCUT2D eigenvalue weighted by Crippen LogP contribution is -2.37. The first-order valence-corrected chi connectivity index (χ1v) is 8.05. The first-order chi connectivity index (χ1) is 9.60. The fourth-order valence-corrected chi connectivity index (χ4v) is 3.75. The highest BCUT2D eigenvalue weighted by atomic mass is 35.5. The van der Waals surface area contributed by atoms with E-state index in [1.807, 2.05) is 6.07 Å². The van der Waals surface area contributed by atoms with Crippen LogP contribution in [0, 0.1) is 5.41 Å². The van der Waals surface area contributed by atoms with Crippen LogP contribution >= 0.6 is 11.6 Å². The summed E-state index contributed by atoms with van der Waals surface area (Å²) in [5.41, 5.74) is 1.61. The minimum Gasteiger partial charge on any atom is -0.495 e. The van der Waals surface area contributed by atoms with Gasteiger partial charge in [0.2, 0.25) is 0 Å². The van der Waals surface area contributed by atoms with Crippen LogP contribution < -0.4 is 10.1 Å². The molecule has 1 aromatic carbocycles. The van der Waals surface area contributed by atoms with Crippen LogP contribution in [-0.2, 0) is 0 Å². The second kappa shape index (κ2) is 6.82. The molecular formula is C17H26ClNO. The van der Waals surface area contributed by atoms with Crippen molar-refractivity contribution in [1.29, 1.82) is 0 Å². The van der Waals surface area contributed by atoms with Crippen molar-refractivity contribution in [1.82, 2.24) is 5.32 Å². The highest BCUT2D eigenvalue weighted by molar-refractivity contribution is 6.32. The number of hydrogen-bond donors (Lipinski definition) is 1. The van der Waals surface area contributed by atoms with Crippen molar-refractivity contribution < 1.29 is 4.74 Å². The summed E-state index contributed by atoms with van der Waals surface area (Å²) >= 11 is 6.31. The lowest BCUT2D eigenvalue weighted by atomic mass is 9.68. The maximum atomic E-state index is 6.31. The van der Waals surface area contributed by atoms with Crippen LogP contribution in [-0.4, -0.2) is 13.7 Å². The van der Waals surface area contributed by atoms with E-state index in [0.29, 0.717) is 16.5 Å². The van der Waals surface area contributed by atoms with Gasteiger partial charge in [-0.25, -0.2) is 0 Å². The fraction of sp³-hybridized carbons (Fsp3) is 0.647. The van der Waals surface area contributed by atoms with Crippen molar-refractivity contribution in [3.8, 4) is 5.75 Å². The Labute approximate surface area is 127 Å². The van der Waals surface area contributed by atoms with Gasteiger partial charge in [-0.05, 0) is 42.5 Å². The highest BCUT2D eigenvalue weighted by Gasteiger charge is 2.36. The smallest absolute Gasteiger partial charge is 0.137 e. The molecule has 1 atom stereocenters. The number of halogens is 1. The molecule has 1 N–H and O–H groups in total. The number of methoxy groups -OCH3 is 1. The molecule has 1 aliphatic carbocycles. The summed E-state index contributed by atoms with van der Waals surface area (Å²) in [6.07, 6.45) is 6.62. The van der Waals surface area contributed by atoms with Crippen molar-refractivity contribution in [3.05, 3.63) is 28.8 Å². The first-order valence-electron chi connectivity index (χ1n) is 7.67. The van der Waals surface area contributed by atoms with Gasteiger partial charge in [-0.3, -0.25) is 0 Å². The summed E-state index contributed by atoms with van der Waals surface area (Å²) in [6, 6.07) is 6.57. The van der Waals surface area contributed by atoms with Crippen LogP contribution in [0.15, 0.2) is 18.2 Å². The standard InChI is InChI=1S/C17H26ClNO/c1-4-19-16(17(2)10-6-5-7-11-17)13-8-9-15(20-3)14(18)12-13/h8-9,12,16,19H,4-7,10-11H2,1-3H3. The Morgan fingerprint density at radius 1 is 1.30 bits per heavy atom. The van der Waals surface area contributed by atoms with E-state index in [1.54, 1.807) is 7.11 Å². The molecule has 3 heteroatoms. The highest BCUT2D eigenvalue weighted by Crippen LogP contribution is 2.46. The van der Waals surface area contributed by atoms with Crippen LogP contribution in [0.3, 0.4) is 0 Å². The second-order valence-electron chi connectivity index (χ2n) is 6.10. The molecule has 0 bridgehead atoms. The number of rotatable bonds is 5. The predicted molar refractivity (Wildman–Crippen MR) is 85.6 cm³/mol. The summed E-state index contributed by atoms with van der Waals surface area (Å²) in [4.78, 5) is 0. The van der Waals surface area contributed by atoms with E-state index in [4.69, 9.17) is 16.3 Å². The summed E-state index contributed by atoms with van der Waals surface area (Å²) in [5, 5.41) is 4.38. The zero-order valence-electron chi connectivity index (χ0n) is 12.8. The first kappa shape index (κ1) is 15.7. The molecule has 0 radical (unpaired) electrons. The minimum absolute atomic E-state index is 0.326. The summed E-state index contributed by atoms with van der Waals surface area (Å²) in [6.45, 7) is 5.56. The van der Waals surface area contributed by atoms with E-state index in [2.05, 4.69) is 31.3 Å². The van der Waals surface area contributed by atoms with Crippen LogP contribution in [0.4, 0.5) is 0 Å². The Kier molecular flexibility index (Phi) is 5.34. The molecule has 0 aromatic heterocycles. The third kappa shape index (κ3) is 3.29. The van der Waals surface area contributed by atoms with Gasteiger partial charge in [0.15, 0.2) is 0 Å². The normalized spacial score (nSPS) is 19.6. The molecule has 1 aromatic rings. The molecule has 2 nitrogen and oxygen atoms in total. The van der Waals surface area contributed by atoms with Crippen LogP contribution in [0.25, 0.3) is 0 Å². The monoisotopic (exact) mass is 295 g/mol. The molecule has 20 heavy (non-hydrogen) atoms. The van der Waals surface area contributed by atoms with Gasteiger partial charge in [0.25, 0.3) is 0 Å². The molecule has 1 saturated carbocycles. The number of nitrogens with one attached hydrogen (secondary N) is 1. The van der Waals surface area contributed by atoms with Gasteiger partial charge >= 0.3 is 0 Å². The molecule has 0 aliphatic heterocycles. The fourth-order valence-electron chi connectivity index (χ4n) is 3.48. The summed E-state index contributed by atoms with van der Waals surface area (Å²) in [7, 11) is 1.66. The van der Waals surface area contributed by atoms with Crippen LogP contribution in [0.2, 0.25) is 5.02 Å². The van der Waals surface area contributed by atoms with Crippen molar-refractivity contribution >= 4 is 11.6 Å². The van der Waals surface area contributed by atoms with E-state index in [1.165, 1.54) is 37.7 Å². The average molecular weight is 296 g/mol. The van der Waals surface area contributed by atoms with Gasteiger partial charge in [0.05, 0.1) is 12.1 Å². The molecule has 1 aliphatic rings. The number of ether oxygens (including phenoxy) is 1. The summed E-state index contributed by atoms with van der Waals surface area (Å²) in [5.74, 6) is 0.750. The lowest BCUT2D eigenvalue weighted by molar-refractivity contribution is 0.146. The van der Waals surface area contributed by atoms with Gasteiger partial charge in [0.1, 0.15) is 5.75 Å². The SMILES string of the molecule is CCNC(c1ccc(OC)c(Cl)c1)C1(C)CCCCC1. The quantitative estimate of drug-likeness (QED) is 0.828. The third-order valence-corrected chi connectivity index (χ3v) is 4.91. The van der Waals surface area contributed by atoms with E-state index >= 15 is 0 Å².